The van der Waals surface area contributed by atoms with Crippen LogP contribution in [0.15, 0.2) is 0 Å². The Bertz CT molecular complexity index is 671. The van der Waals surface area contributed by atoms with Gasteiger partial charge in [0.05, 0.1) is 112 Å². The summed E-state index contributed by atoms with van der Waals surface area (Å²) in [6.45, 7) is 14.5. The largest absolute Gasteiger partial charge is 0.463 e. The maximum Gasteiger partial charge on any atom is 0.305 e. The number of rotatable bonds is 48. The van der Waals surface area contributed by atoms with Gasteiger partial charge in [0.1, 0.15) is 6.61 Å². The Balaban J connectivity index is 3.09. The zero-order chi connectivity index (χ0) is 38.2. The van der Waals surface area contributed by atoms with Gasteiger partial charge in [-0.25, -0.2) is 0 Å². The Kier molecular flexibility index (Phi) is 48.3. The molecule has 11 nitrogen and oxygen atoms in total. The van der Waals surface area contributed by atoms with Crippen LogP contribution in [-0.2, 0) is 52.2 Å². The number of carbonyl (C=O) groups excluding carboxylic acids is 1. The van der Waals surface area contributed by atoms with Crippen molar-refractivity contribution in [2.75, 3.05) is 126 Å². The van der Waals surface area contributed by atoms with Crippen LogP contribution in [-0.4, -0.2) is 132 Å². The summed E-state index contributed by atoms with van der Waals surface area (Å²) >= 11 is 0. The van der Waals surface area contributed by atoms with Crippen LogP contribution >= 0.6 is 0 Å². The molecule has 0 aliphatic heterocycles. The van der Waals surface area contributed by atoms with Gasteiger partial charge >= 0.3 is 5.97 Å². The molecule has 318 valence electrons. The van der Waals surface area contributed by atoms with Crippen molar-refractivity contribution >= 4 is 5.97 Å². The van der Waals surface area contributed by atoms with Crippen molar-refractivity contribution in [2.24, 2.45) is 0 Å². The highest BCUT2D eigenvalue weighted by Crippen LogP contribution is 2.12. The average molecular weight is 765 g/mol. The van der Waals surface area contributed by atoms with Gasteiger partial charge in [-0.1, -0.05) is 123 Å². The average Bonchev–Trinajstić information content (AvgIpc) is 3.16. The van der Waals surface area contributed by atoms with Crippen LogP contribution in [0.2, 0.25) is 0 Å². The molecular formula is C42H84O11. The van der Waals surface area contributed by atoms with Gasteiger partial charge in [0, 0.05) is 13.0 Å². The first-order valence-corrected chi connectivity index (χ1v) is 21.7. The molecule has 11 heteroatoms. The molecular weight excluding hydrogens is 680 g/mol. The summed E-state index contributed by atoms with van der Waals surface area (Å²) in [5, 5.41) is 0. The molecule has 0 atom stereocenters. The fourth-order valence-corrected chi connectivity index (χ4v) is 5.42. The second kappa shape index (κ2) is 49.1. The van der Waals surface area contributed by atoms with E-state index < -0.39 is 0 Å². The molecule has 53 heavy (non-hydrogen) atoms. The quantitative estimate of drug-likeness (QED) is 0.0440. The van der Waals surface area contributed by atoms with Crippen LogP contribution in [0.4, 0.5) is 0 Å². The van der Waals surface area contributed by atoms with E-state index in [4.69, 9.17) is 47.4 Å². The zero-order valence-electron chi connectivity index (χ0n) is 34.6. The molecule has 0 unspecified atom stereocenters. The number of hydrogen-bond donors (Lipinski definition) is 0. The fraction of sp³-hybridized carbons (Fsp3) is 0.976. The van der Waals surface area contributed by atoms with E-state index in [2.05, 4.69) is 13.8 Å². The van der Waals surface area contributed by atoms with Gasteiger partial charge in [0.2, 0.25) is 0 Å². The molecule has 0 amide bonds. The Hall–Kier alpha value is -0.890. The molecule has 0 aliphatic carbocycles. The SMILES string of the molecule is CCCCCCCCCCCCCCCOCCOCCOCCOCCOCCOCCOCCOCCOCCOC(=O)CCCCCCCC. The monoisotopic (exact) mass is 765 g/mol. The van der Waals surface area contributed by atoms with Crippen LogP contribution in [0.25, 0.3) is 0 Å². The second-order valence-corrected chi connectivity index (χ2v) is 13.5. The van der Waals surface area contributed by atoms with Crippen molar-refractivity contribution in [3.05, 3.63) is 0 Å². The number of esters is 1. The highest BCUT2D eigenvalue weighted by Gasteiger charge is 2.03. The highest BCUT2D eigenvalue weighted by atomic mass is 16.6. The predicted octanol–water partition coefficient (Wildman–Crippen LogP) is 8.52. The summed E-state index contributed by atoms with van der Waals surface area (Å²) in [5.41, 5.74) is 0. The number of hydrogen-bond acceptors (Lipinski definition) is 11. The molecule has 0 fully saturated rings. The third-order valence-electron chi connectivity index (χ3n) is 8.59. The number of unbranched alkanes of at least 4 members (excludes halogenated alkanes) is 17. The van der Waals surface area contributed by atoms with Crippen molar-refractivity contribution in [1.82, 2.24) is 0 Å². The predicted molar refractivity (Wildman–Crippen MR) is 212 cm³/mol. The molecule has 0 aliphatic rings. The summed E-state index contributed by atoms with van der Waals surface area (Å²) in [5.74, 6) is -0.138. The van der Waals surface area contributed by atoms with E-state index in [9.17, 15) is 4.79 Å². The van der Waals surface area contributed by atoms with E-state index in [0.717, 1.165) is 25.9 Å². The molecule has 0 aromatic heterocycles. The number of ether oxygens (including phenoxy) is 10. The maximum absolute atomic E-state index is 11.7. The van der Waals surface area contributed by atoms with E-state index in [1.165, 1.54) is 103 Å². The Morgan fingerprint density at radius 2 is 0.491 bits per heavy atom. The Labute approximate surface area is 325 Å². The molecule has 0 heterocycles. The van der Waals surface area contributed by atoms with Crippen LogP contribution in [0, 0.1) is 0 Å². The minimum Gasteiger partial charge on any atom is -0.463 e. The molecule has 0 bridgehead atoms. The first kappa shape index (κ1) is 52.1. The van der Waals surface area contributed by atoms with E-state index in [1.54, 1.807) is 0 Å². The van der Waals surface area contributed by atoms with E-state index in [0.29, 0.717) is 125 Å². The van der Waals surface area contributed by atoms with Gasteiger partial charge in [-0.05, 0) is 12.8 Å². The van der Waals surface area contributed by atoms with E-state index >= 15 is 0 Å². The van der Waals surface area contributed by atoms with Crippen molar-refractivity contribution in [2.45, 2.75) is 142 Å². The van der Waals surface area contributed by atoms with Crippen molar-refractivity contribution < 1.29 is 52.2 Å². The van der Waals surface area contributed by atoms with Crippen molar-refractivity contribution in [1.29, 1.82) is 0 Å². The van der Waals surface area contributed by atoms with Crippen LogP contribution < -0.4 is 0 Å². The standard InChI is InChI=1S/C42H84O11/c1-3-5-7-9-11-12-13-14-15-16-17-19-21-23-44-24-25-45-26-27-46-28-29-47-30-31-48-32-33-49-34-35-50-36-37-51-38-39-52-40-41-53-42(43)22-20-18-10-8-6-4-2/h3-41H2,1-2H3. The number of carbonyl (C=O) groups is 1. The topological polar surface area (TPSA) is 109 Å². The Morgan fingerprint density at radius 3 is 0.792 bits per heavy atom. The second-order valence-electron chi connectivity index (χ2n) is 13.5. The van der Waals surface area contributed by atoms with Crippen molar-refractivity contribution in [3.63, 3.8) is 0 Å². The van der Waals surface area contributed by atoms with Gasteiger partial charge in [-0.15, -0.1) is 0 Å². The molecule has 0 aromatic rings. The van der Waals surface area contributed by atoms with Gasteiger partial charge < -0.3 is 47.4 Å². The normalized spacial score (nSPS) is 11.5. The van der Waals surface area contributed by atoms with Crippen LogP contribution in [0.3, 0.4) is 0 Å². The smallest absolute Gasteiger partial charge is 0.305 e. The van der Waals surface area contributed by atoms with E-state index in [-0.39, 0.29) is 5.97 Å². The lowest BCUT2D eigenvalue weighted by atomic mass is 10.0. The van der Waals surface area contributed by atoms with E-state index in [1.807, 2.05) is 0 Å². The molecule has 0 radical (unpaired) electrons. The summed E-state index contributed by atoms with van der Waals surface area (Å²) in [7, 11) is 0. The molecule has 0 saturated heterocycles. The summed E-state index contributed by atoms with van der Waals surface area (Å²) in [4.78, 5) is 11.7. The molecule has 0 rings (SSSR count). The lowest BCUT2D eigenvalue weighted by Gasteiger charge is -2.09. The lowest BCUT2D eigenvalue weighted by Crippen LogP contribution is -2.15. The molecule has 0 N–H and O–H groups in total. The summed E-state index contributed by atoms with van der Waals surface area (Å²) < 4.78 is 54.9. The zero-order valence-corrected chi connectivity index (χ0v) is 34.6. The molecule has 0 saturated carbocycles. The van der Waals surface area contributed by atoms with Gasteiger partial charge in [0.15, 0.2) is 0 Å². The first-order valence-electron chi connectivity index (χ1n) is 21.7. The van der Waals surface area contributed by atoms with Gasteiger partial charge in [-0.3, -0.25) is 4.79 Å². The van der Waals surface area contributed by atoms with Crippen molar-refractivity contribution in [3.8, 4) is 0 Å². The highest BCUT2D eigenvalue weighted by molar-refractivity contribution is 5.69. The Morgan fingerprint density at radius 1 is 0.264 bits per heavy atom. The lowest BCUT2D eigenvalue weighted by molar-refractivity contribution is -0.145. The first-order chi connectivity index (χ1) is 26.3. The molecule has 0 aromatic carbocycles. The summed E-state index contributed by atoms with van der Waals surface area (Å²) in [6, 6.07) is 0. The van der Waals surface area contributed by atoms with Gasteiger partial charge in [0.25, 0.3) is 0 Å². The minimum atomic E-state index is -0.138. The third kappa shape index (κ3) is 49.1. The fourth-order valence-electron chi connectivity index (χ4n) is 5.42. The van der Waals surface area contributed by atoms with Crippen LogP contribution in [0.1, 0.15) is 142 Å². The molecule has 0 spiro atoms. The maximum atomic E-state index is 11.7. The third-order valence-corrected chi connectivity index (χ3v) is 8.59. The summed E-state index contributed by atoms with van der Waals surface area (Å²) in [6.07, 6.45) is 25.2. The minimum absolute atomic E-state index is 0.138. The van der Waals surface area contributed by atoms with Gasteiger partial charge in [-0.2, -0.15) is 0 Å². The van der Waals surface area contributed by atoms with Crippen LogP contribution in [0.5, 0.6) is 0 Å².